The molecular weight excluding hydrogens is 384 g/mol. The van der Waals surface area contributed by atoms with Crippen molar-refractivity contribution in [2.24, 2.45) is 0 Å². The van der Waals surface area contributed by atoms with Gasteiger partial charge in [0.15, 0.2) is 0 Å². The lowest BCUT2D eigenvalue weighted by atomic mass is 10.2. The molecule has 2 rings (SSSR count). The highest BCUT2D eigenvalue weighted by Crippen LogP contribution is 2.30. The molecule has 20 heavy (non-hydrogen) atoms. The van der Waals surface area contributed by atoms with Gasteiger partial charge >= 0.3 is 0 Å². The second-order valence-electron chi connectivity index (χ2n) is 4.31. The molecule has 104 valence electrons. The van der Waals surface area contributed by atoms with Gasteiger partial charge in [-0.2, -0.15) is 0 Å². The third kappa shape index (κ3) is 3.84. The number of halogens is 2. The Balaban J connectivity index is 1.98. The maximum atomic E-state index is 12.0. The van der Waals surface area contributed by atoms with Crippen LogP contribution in [-0.4, -0.2) is 12.5 Å². The molecule has 0 atom stereocenters. The van der Waals surface area contributed by atoms with Gasteiger partial charge < -0.3 is 10.6 Å². The summed E-state index contributed by atoms with van der Waals surface area (Å²) in [6.07, 6.45) is 0. The number of nitrogens with one attached hydrogen (secondary N) is 2. The highest BCUT2D eigenvalue weighted by Gasteiger charge is 2.07. The molecule has 1 amide bonds. The summed E-state index contributed by atoms with van der Waals surface area (Å²) in [5.74, 6) is -0.0815. The highest BCUT2D eigenvalue weighted by molar-refractivity contribution is 9.11. The molecular formula is C15H14Br2N2O. The molecule has 5 heteroatoms. The van der Waals surface area contributed by atoms with Crippen molar-refractivity contribution >= 4 is 49.1 Å². The van der Waals surface area contributed by atoms with Crippen LogP contribution < -0.4 is 10.6 Å². The third-order valence-electron chi connectivity index (χ3n) is 2.81. The van der Waals surface area contributed by atoms with Crippen molar-refractivity contribution in [2.75, 3.05) is 17.2 Å². The summed E-state index contributed by atoms with van der Waals surface area (Å²) < 4.78 is 1.83. The maximum absolute atomic E-state index is 12.0. The molecule has 2 N–H and O–H groups in total. The minimum absolute atomic E-state index is 0.0815. The molecule has 0 aliphatic rings. The summed E-state index contributed by atoms with van der Waals surface area (Å²) in [5.41, 5.74) is 2.75. The minimum atomic E-state index is -0.0815. The Morgan fingerprint density at radius 1 is 1.05 bits per heavy atom. The van der Waals surface area contributed by atoms with Crippen molar-refractivity contribution in [2.45, 2.75) is 6.92 Å². The molecule has 0 unspecified atom stereocenters. The molecule has 3 nitrogen and oxygen atoms in total. The summed E-state index contributed by atoms with van der Waals surface area (Å²) in [7, 11) is 0. The Morgan fingerprint density at radius 3 is 2.35 bits per heavy atom. The van der Waals surface area contributed by atoms with Gasteiger partial charge in [0.1, 0.15) is 0 Å². The molecule has 2 aromatic carbocycles. The van der Waals surface area contributed by atoms with E-state index in [1.54, 1.807) is 0 Å². The molecule has 0 radical (unpaired) electrons. The number of rotatable bonds is 4. The predicted octanol–water partition coefficient (Wildman–Crippen LogP) is 4.57. The molecule has 2 aromatic rings. The van der Waals surface area contributed by atoms with Gasteiger partial charge in [0, 0.05) is 14.6 Å². The van der Waals surface area contributed by atoms with E-state index in [4.69, 9.17) is 0 Å². The third-order valence-corrected chi connectivity index (χ3v) is 4.13. The van der Waals surface area contributed by atoms with Gasteiger partial charge in [-0.25, -0.2) is 0 Å². The van der Waals surface area contributed by atoms with Gasteiger partial charge in [0.25, 0.3) is 0 Å². The van der Waals surface area contributed by atoms with Crippen LogP contribution in [0.1, 0.15) is 5.56 Å². The van der Waals surface area contributed by atoms with Gasteiger partial charge in [-0.05, 0) is 62.5 Å². The Kier molecular flexibility index (Phi) is 5.20. The average Bonchev–Trinajstić information content (AvgIpc) is 2.41. The van der Waals surface area contributed by atoms with Crippen molar-refractivity contribution in [1.29, 1.82) is 0 Å². The van der Waals surface area contributed by atoms with E-state index in [0.717, 1.165) is 25.9 Å². The molecule has 0 aliphatic carbocycles. The van der Waals surface area contributed by atoms with E-state index in [1.807, 2.05) is 49.4 Å². The lowest BCUT2D eigenvalue weighted by Crippen LogP contribution is -2.22. The number of carbonyl (C=O) groups is 1. The van der Waals surface area contributed by atoms with Crippen LogP contribution in [0.3, 0.4) is 0 Å². The van der Waals surface area contributed by atoms with Crippen molar-refractivity contribution in [3.05, 3.63) is 57.0 Å². The number of carbonyl (C=O) groups excluding carboxylic acids is 1. The zero-order valence-electron chi connectivity index (χ0n) is 10.9. The van der Waals surface area contributed by atoms with Crippen LogP contribution in [0.15, 0.2) is 51.4 Å². The van der Waals surface area contributed by atoms with Crippen LogP contribution in [0.25, 0.3) is 0 Å². The maximum Gasteiger partial charge on any atom is 0.243 e. The number of anilines is 2. The number of benzene rings is 2. The van der Waals surface area contributed by atoms with Crippen LogP contribution in [-0.2, 0) is 4.79 Å². The van der Waals surface area contributed by atoms with Gasteiger partial charge in [0.2, 0.25) is 5.91 Å². The first-order chi connectivity index (χ1) is 9.58. The van der Waals surface area contributed by atoms with Crippen LogP contribution in [0.5, 0.6) is 0 Å². The summed E-state index contributed by atoms with van der Waals surface area (Å²) in [6.45, 7) is 2.17. The van der Waals surface area contributed by atoms with Gasteiger partial charge in [-0.3, -0.25) is 4.79 Å². The van der Waals surface area contributed by atoms with E-state index in [-0.39, 0.29) is 12.5 Å². The van der Waals surface area contributed by atoms with Crippen molar-refractivity contribution < 1.29 is 4.79 Å². The second kappa shape index (κ2) is 6.90. The van der Waals surface area contributed by atoms with E-state index in [0.29, 0.717) is 0 Å². The van der Waals surface area contributed by atoms with Crippen molar-refractivity contribution in [3.8, 4) is 0 Å². The number of hydrogen-bond acceptors (Lipinski definition) is 2. The standard InChI is InChI=1S/C15H14Br2N2O/c1-10-5-2-3-8-13(10)19-14(20)9-18-15-11(16)6-4-7-12(15)17/h2-8,18H,9H2,1H3,(H,19,20). The molecule has 0 spiro atoms. The number of hydrogen-bond donors (Lipinski definition) is 2. The van der Waals surface area contributed by atoms with Gasteiger partial charge in [-0.15, -0.1) is 0 Å². The Hall–Kier alpha value is -1.33. The van der Waals surface area contributed by atoms with E-state index >= 15 is 0 Å². The van der Waals surface area contributed by atoms with Crippen LogP contribution in [0.2, 0.25) is 0 Å². The molecule has 0 saturated heterocycles. The van der Waals surface area contributed by atoms with E-state index in [9.17, 15) is 4.79 Å². The first kappa shape index (κ1) is 15.1. The largest absolute Gasteiger partial charge is 0.374 e. The monoisotopic (exact) mass is 396 g/mol. The van der Waals surface area contributed by atoms with Crippen LogP contribution in [0.4, 0.5) is 11.4 Å². The van der Waals surface area contributed by atoms with Gasteiger partial charge in [0.05, 0.1) is 12.2 Å². The fourth-order valence-corrected chi connectivity index (χ4v) is 3.02. The number of para-hydroxylation sites is 2. The fraction of sp³-hybridized carbons (Fsp3) is 0.133. The van der Waals surface area contributed by atoms with Crippen molar-refractivity contribution in [1.82, 2.24) is 0 Å². The molecule has 0 aliphatic heterocycles. The lowest BCUT2D eigenvalue weighted by Gasteiger charge is -2.12. The summed E-state index contributed by atoms with van der Waals surface area (Å²) in [4.78, 5) is 12.0. The van der Waals surface area contributed by atoms with Gasteiger partial charge in [-0.1, -0.05) is 24.3 Å². The Morgan fingerprint density at radius 2 is 1.70 bits per heavy atom. The number of aryl methyl sites for hydroxylation is 1. The fourth-order valence-electron chi connectivity index (χ4n) is 1.74. The first-order valence-electron chi connectivity index (χ1n) is 6.11. The Bertz CT molecular complexity index is 609. The van der Waals surface area contributed by atoms with Crippen molar-refractivity contribution in [3.63, 3.8) is 0 Å². The normalized spacial score (nSPS) is 10.2. The van der Waals surface area contributed by atoms with Crippen LogP contribution in [0, 0.1) is 6.92 Å². The van der Waals surface area contributed by atoms with Crippen LogP contribution >= 0.6 is 31.9 Å². The average molecular weight is 398 g/mol. The van der Waals surface area contributed by atoms with E-state index in [2.05, 4.69) is 42.5 Å². The predicted molar refractivity (Wildman–Crippen MR) is 90.1 cm³/mol. The second-order valence-corrected chi connectivity index (χ2v) is 6.02. The molecule has 0 bridgehead atoms. The first-order valence-corrected chi connectivity index (χ1v) is 7.70. The molecule has 0 aromatic heterocycles. The molecule has 0 fully saturated rings. The minimum Gasteiger partial charge on any atom is -0.374 e. The zero-order chi connectivity index (χ0) is 14.5. The molecule has 0 saturated carbocycles. The van der Waals surface area contributed by atoms with E-state index in [1.165, 1.54) is 0 Å². The highest BCUT2D eigenvalue weighted by atomic mass is 79.9. The quantitative estimate of drug-likeness (QED) is 0.793. The number of amides is 1. The Labute approximate surface area is 135 Å². The lowest BCUT2D eigenvalue weighted by molar-refractivity contribution is -0.114. The summed E-state index contributed by atoms with van der Waals surface area (Å²) in [5, 5.41) is 6.00. The molecule has 0 heterocycles. The topological polar surface area (TPSA) is 41.1 Å². The summed E-state index contributed by atoms with van der Waals surface area (Å²) in [6, 6.07) is 13.5. The zero-order valence-corrected chi connectivity index (χ0v) is 14.1. The summed E-state index contributed by atoms with van der Waals surface area (Å²) >= 11 is 6.90. The SMILES string of the molecule is Cc1ccccc1NC(=O)CNc1c(Br)cccc1Br. The van der Waals surface area contributed by atoms with E-state index < -0.39 is 0 Å². The smallest absolute Gasteiger partial charge is 0.243 e.